The Kier molecular flexibility index (Phi) is 10.4. The zero-order valence-corrected chi connectivity index (χ0v) is 18.1. The summed E-state index contributed by atoms with van der Waals surface area (Å²) >= 11 is 0. The first-order chi connectivity index (χ1) is 12.7. The molecule has 27 heavy (non-hydrogen) atoms. The maximum absolute atomic E-state index is 12.6. The first-order valence-electron chi connectivity index (χ1n) is 10.0. The fourth-order valence-corrected chi connectivity index (χ4v) is 3.42. The molecule has 0 radical (unpaired) electrons. The van der Waals surface area contributed by atoms with Crippen molar-refractivity contribution in [2.24, 2.45) is 0 Å². The Hall–Kier alpha value is -1.56. The first kappa shape index (κ1) is 23.5. The molecule has 1 aromatic carbocycles. The summed E-state index contributed by atoms with van der Waals surface area (Å²) in [6.07, 6.45) is 9.97. The monoisotopic (exact) mass is 397 g/mol. The van der Waals surface area contributed by atoms with E-state index in [4.69, 9.17) is 4.18 Å². The summed E-state index contributed by atoms with van der Waals surface area (Å²) in [7, 11) is -3.53. The molecular weight excluding hydrogens is 362 g/mol. The van der Waals surface area contributed by atoms with Gasteiger partial charge in [-0.05, 0) is 38.0 Å². The van der Waals surface area contributed by atoms with E-state index in [1.54, 1.807) is 24.3 Å². The highest BCUT2D eigenvalue weighted by atomic mass is 32.2. The van der Waals surface area contributed by atoms with Gasteiger partial charge in [0.05, 0.1) is 6.26 Å². The normalized spacial score (nSPS) is 11.6. The van der Waals surface area contributed by atoms with Crippen molar-refractivity contribution >= 4 is 16.0 Å². The molecule has 0 aliphatic heterocycles. The van der Waals surface area contributed by atoms with Crippen LogP contribution < -0.4 is 4.18 Å². The molecule has 0 aliphatic carbocycles. The standard InChI is InChI=1S/C21H35NO4S/c1-5-6-7-8-9-10-11-12-21(23)22(18(2)3)17-19-13-15-20(16-14-19)26-27(4,24)25/h13-16,18H,5-12,17H2,1-4H3. The Morgan fingerprint density at radius 3 is 2.07 bits per heavy atom. The van der Waals surface area contributed by atoms with Crippen molar-refractivity contribution in [2.75, 3.05) is 6.26 Å². The first-order valence-corrected chi connectivity index (χ1v) is 11.8. The SMILES string of the molecule is CCCCCCCCCC(=O)N(Cc1ccc(OS(C)(=O)=O)cc1)C(C)C. The van der Waals surface area contributed by atoms with Crippen molar-refractivity contribution in [3.8, 4) is 5.75 Å². The second kappa shape index (κ2) is 12.0. The van der Waals surface area contributed by atoms with Crippen molar-refractivity contribution in [2.45, 2.75) is 84.7 Å². The van der Waals surface area contributed by atoms with Crippen LogP contribution in [0.25, 0.3) is 0 Å². The minimum absolute atomic E-state index is 0.119. The van der Waals surface area contributed by atoms with E-state index in [9.17, 15) is 13.2 Å². The van der Waals surface area contributed by atoms with Crippen molar-refractivity contribution < 1.29 is 17.4 Å². The number of hydrogen-bond acceptors (Lipinski definition) is 4. The zero-order chi connectivity index (χ0) is 20.3. The molecule has 0 aromatic heterocycles. The Bertz CT molecular complexity index is 653. The van der Waals surface area contributed by atoms with Crippen LogP contribution in [0.15, 0.2) is 24.3 Å². The molecule has 0 heterocycles. The van der Waals surface area contributed by atoms with Gasteiger partial charge in [0, 0.05) is 19.0 Å². The van der Waals surface area contributed by atoms with Crippen LogP contribution in [0.3, 0.4) is 0 Å². The Balaban J connectivity index is 2.49. The maximum Gasteiger partial charge on any atom is 0.306 e. The van der Waals surface area contributed by atoms with Gasteiger partial charge in [-0.2, -0.15) is 8.42 Å². The number of rotatable bonds is 13. The number of unbranched alkanes of at least 4 members (excludes halogenated alkanes) is 6. The predicted molar refractivity (Wildman–Crippen MR) is 110 cm³/mol. The molecule has 0 bridgehead atoms. The van der Waals surface area contributed by atoms with E-state index in [1.165, 1.54) is 32.1 Å². The van der Waals surface area contributed by atoms with Gasteiger partial charge in [0.2, 0.25) is 5.91 Å². The van der Waals surface area contributed by atoms with Crippen LogP contribution in [0.4, 0.5) is 0 Å². The van der Waals surface area contributed by atoms with Crippen molar-refractivity contribution in [1.29, 1.82) is 0 Å². The molecule has 6 heteroatoms. The van der Waals surface area contributed by atoms with Gasteiger partial charge >= 0.3 is 10.1 Å². The van der Waals surface area contributed by atoms with Crippen LogP contribution in [0.5, 0.6) is 5.75 Å². The average Bonchev–Trinajstić information content (AvgIpc) is 2.58. The summed E-state index contributed by atoms with van der Waals surface area (Å²) in [6, 6.07) is 6.97. The highest BCUT2D eigenvalue weighted by Crippen LogP contribution is 2.17. The van der Waals surface area contributed by atoms with Crippen LogP contribution in [0.2, 0.25) is 0 Å². The molecule has 0 saturated carbocycles. The molecule has 5 nitrogen and oxygen atoms in total. The van der Waals surface area contributed by atoms with Gasteiger partial charge < -0.3 is 9.08 Å². The molecule has 0 fully saturated rings. The van der Waals surface area contributed by atoms with E-state index in [-0.39, 0.29) is 17.7 Å². The molecule has 0 saturated heterocycles. The summed E-state index contributed by atoms with van der Waals surface area (Å²) in [5.41, 5.74) is 0.956. The molecule has 0 spiro atoms. The van der Waals surface area contributed by atoms with Crippen LogP contribution in [0.1, 0.15) is 77.7 Å². The molecule has 0 unspecified atom stereocenters. The van der Waals surface area contributed by atoms with E-state index in [0.717, 1.165) is 24.7 Å². The maximum atomic E-state index is 12.6. The third kappa shape index (κ3) is 10.4. The molecule has 0 aliphatic rings. The van der Waals surface area contributed by atoms with E-state index in [1.807, 2.05) is 18.7 Å². The lowest BCUT2D eigenvalue weighted by Crippen LogP contribution is -2.36. The highest BCUT2D eigenvalue weighted by molar-refractivity contribution is 7.86. The molecule has 1 amide bonds. The van der Waals surface area contributed by atoms with Gasteiger partial charge in [-0.3, -0.25) is 4.79 Å². The van der Waals surface area contributed by atoms with E-state index >= 15 is 0 Å². The van der Waals surface area contributed by atoms with E-state index in [2.05, 4.69) is 6.92 Å². The predicted octanol–water partition coefficient (Wildman–Crippen LogP) is 4.90. The number of carbonyl (C=O) groups is 1. The van der Waals surface area contributed by atoms with Crippen molar-refractivity contribution in [1.82, 2.24) is 4.90 Å². The fraction of sp³-hybridized carbons (Fsp3) is 0.667. The molecule has 0 atom stereocenters. The van der Waals surface area contributed by atoms with E-state index in [0.29, 0.717) is 13.0 Å². The van der Waals surface area contributed by atoms with E-state index < -0.39 is 10.1 Å². The van der Waals surface area contributed by atoms with Crippen molar-refractivity contribution in [3.05, 3.63) is 29.8 Å². The minimum atomic E-state index is -3.53. The zero-order valence-electron chi connectivity index (χ0n) is 17.2. The number of amides is 1. The quantitative estimate of drug-likeness (QED) is 0.351. The van der Waals surface area contributed by atoms with Gasteiger partial charge in [0.1, 0.15) is 5.75 Å². The Labute approximate surface area is 165 Å². The topological polar surface area (TPSA) is 63.7 Å². The fourth-order valence-electron chi connectivity index (χ4n) is 2.96. The molecule has 1 rings (SSSR count). The smallest absolute Gasteiger partial charge is 0.306 e. The van der Waals surface area contributed by atoms with Gasteiger partial charge in [-0.1, -0.05) is 57.6 Å². The summed E-state index contributed by atoms with van der Waals surface area (Å²) in [5, 5.41) is 0. The molecule has 0 N–H and O–H groups in total. The van der Waals surface area contributed by atoms with Crippen LogP contribution in [0, 0.1) is 0 Å². The minimum Gasteiger partial charge on any atom is -0.383 e. The summed E-state index contributed by atoms with van der Waals surface area (Å²) in [6.45, 7) is 6.77. The van der Waals surface area contributed by atoms with Gasteiger partial charge in [-0.25, -0.2) is 0 Å². The Morgan fingerprint density at radius 1 is 1.00 bits per heavy atom. The summed E-state index contributed by atoms with van der Waals surface area (Å²) in [4.78, 5) is 14.5. The number of hydrogen-bond donors (Lipinski definition) is 0. The number of carbonyl (C=O) groups excluding carboxylic acids is 1. The molecule has 1 aromatic rings. The van der Waals surface area contributed by atoms with Gasteiger partial charge in [0.25, 0.3) is 0 Å². The Morgan fingerprint density at radius 2 is 1.56 bits per heavy atom. The number of nitrogens with zero attached hydrogens (tertiary/aromatic N) is 1. The van der Waals surface area contributed by atoms with Crippen LogP contribution in [-0.2, 0) is 21.5 Å². The second-order valence-electron chi connectivity index (χ2n) is 7.42. The van der Waals surface area contributed by atoms with Gasteiger partial charge in [-0.15, -0.1) is 0 Å². The molecule has 154 valence electrons. The van der Waals surface area contributed by atoms with Gasteiger partial charge in [0.15, 0.2) is 0 Å². The lowest BCUT2D eigenvalue weighted by molar-refractivity contribution is -0.133. The number of benzene rings is 1. The third-order valence-electron chi connectivity index (χ3n) is 4.46. The summed E-state index contributed by atoms with van der Waals surface area (Å²) in [5.74, 6) is 0.460. The van der Waals surface area contributed by atoms with Crippen LogP contribution in [-0.4, -0.2) is 31.5 Å². The second-order valence-corrected chi connectivity index (χ2v) is 8.99. The van der Waals surface area contributed by atoms with Crippen LogP contribution >= 0.6 is 0 Å². The summed E-state index contributed by atoms with van der Waals surface area (Å²) < 4.78 is 27.2. The molecular formula is C21H35NO4S. The lowest BCUT2D eigenvalue weighted by Gasteiger charge is -2.27. The lowest BCUT2D eigenvalue weighted by atomic mass is 10.1. The highest BCUT2D eigenvalue weighted by Gasteiger charge is 2.17. The third-order valence-corrected chi connectivity index (χ3v) is 4.96. The average molecular weight is 398 g/mol. The largest absolute Gasteiger partial charge is 0.383 e. The van der Waals surface area contributed by atoms with Crippen molar-refractivity contribution in [3.63, 3.8) is 0 Å².